The van der Waals surface area contributed by atoms with E-state index in [0.29, 0.717) is 0 Å². The van der Waals surface area contributed by atoms with Gasteiger partial charge in [0, 0.05) is 0 Å². The fourth-order valence-corrected chi connectivity index (χ4v) is 1.88. The van der Waals surface area contributed by atoms with Crippen LogP contribution in [0.1, 0.15) is 25.7 Å². The summed E-state index contributed by atoms with van der Waals surface area (Å²) in [6.45, 7) is 0. The molecule has 2 aliphatic rings. The normalized spacial score (nSPS) is 23.8. The van der Waals surface area contributed by atoms with Gasteiger partial charge in [0.05, 0.1) is 7.11 Å². The number of esters is 1. The van der Waals surface area contributed by atoms with Crippen LogP contribution in [0.2, 0.25) is 0 Å². The van der Waals surface area contributed by atoms with E-state index in [2.05, 4.69) is 4.74 Å². The Morgan fingerprint density at radius 2 is 1.75 bits per heavy atom. The average molecular weight is 170 g/mol. The van der Waals surface area contributed by atoms with Crippen LogP contribution in [0.4, 0.5) is 0 Å². The Morgan fingerprint density at radius 3 is 2.00 bits per heavy atom. The second kappa shape index (κ2) is 2.46. The van der Waals surface area contributed by atoms with Gasteiger partial charge in [0.15, 0.2) is 5.60 Å². The van der Waals surface area contributed by atoms with Crippen molar-refractivity contribution in [3.8, 4) is 0 Å². The Bertz CT molecular complexity index is 192. The van der Waals surface area contributed by atoms with E-state index in [1.165, 1.54) is 7.11 Å². The van der Waals surface area contributed by atoms with Crippen LogP contribution in [-0.4, -0.2) is 23.8 Å². The maximum absolute atomic E-state index is 11.3. The molecule has 0 bridgehead atoms. The van der Waals surface area contributed by atoms with Crippen LogP contribution in [-0.2, 0) is 9.53 Å². The summed E-state index contributed by atoms with van der Waals surface area (Å²) < 4.78 is 4.63. The molecule has 0 amide bonds. The van der Waals surface area contributed by atoms with Crippen molar-refractivity contribution in [3.63, 3.8) is 0 Å². The Kier molecular flexibility index (Phi) is 1.65. The lowest BCUT2D eigenvalue weighted by molar-refractivity contribution is -0.167. The van der Waals surface area contributed by atoms with E-state index in [4.69, 9.17) is 0 Å². The van der Waals surface area contributed by atoms with Gasteiger partial charge in [0.1, 0.15) is 0 Å². The van der Waals surface area contributed by atoms with Crippen molar-refractivity contribution in [2.75, 3.05) is 7.11 Å². The molecular weight excluding hydrogens is 156 g/mol. The van der Waals surface area contributed by atoms with E-state index >= 15 is 0 Å². The summed E-state index contributed by atoms with van der Waals surface area (Å²) in [6, 6.07) is 0. The third kappa shape index (κ3) is 1.04. The van der Waals surface area contributed by atoms with Crippen molar-refractivity contribution < 1.29 is 14.6 Å². The third-order valence-electron chi connectivity index (χ3n) is 2.91. The molecule has 0 saturated heterocycles. The molecule has 0 atom stereocenters. The molecule has 1 N–H and O–H groups in total. The zero-order valence-electron chi connectivity index (χ0n) is 7.25. The van der Waals surface area contributed by atoms with Gasteiger partial charge in [-0.2, -0.15) is 0 Å². The minimum absolute atomic E-state index is 0.178. The second-order valence-electron chi connectivity index (χ2n) is 3.87. The molecule has 2 saturated carbocycles. The zero-order valence-corrected chi connectivity index (χ0v) is 7.25. The molecule has 0 radical (unpaired) electrons. The molecule has 0 spiro atoms. The summed E-state index contributed by atoms with van der Waals surface area (Å²) >= 11 is 0. The van der Waals surface area contributed by atoms with Crippen molar-refractivity contribution in [3.05, 3.63) is 0 Å². The van der Waals surface area contributed by atoms with Crippen LogP contribution in [0.3, 0.4) is 0 Å². The zero-order chi connectivity index (χ0) is 8.77. The first-order valence-electron chi connectivity index (χ1n) is 4.50. The number of ether oxygens (including phenoxy) is 1. The first-order chi connectivity index (χ1) is 5.69. The van der Waals surface area contributed by atoms with Gasteiger partial charge in [0.25, 0.3) is 0 Å². The first kappa shape index (κ1) is 8.05. The van der Waals surface area contributed by atoms with E-state index in [0.717, 1.165) is 25.7 Å². The lowest BCUT2D eigenvalue weighted by Crippen LogP contribution is -2.44. The van der Waals surface area contributed by atoms with Crippen LogP contribution in [0, 0.1) is 11.8 Å². The molecule has 0 aromatic heterocycles. The van der Waals surface area contributed by atoms with Gasteiger partial charge in [-0.05, 0) is 37.5 Å². The topological polar surface area (TPSA) is 46.5 Å². The monoisotopic (exact) mass is 170 g/mol. The van der Waals surface area contributed by atoms with Crippen LogP contribution < -0.4 is 0 Å². The predicted octanol–water partition coefficient (Wildman–Crippen LogP) is 0.710. The first-order valence-corrected chi connectivity index (χ1v) is 4.50. The van der Waals surface area contributed by atoms with Crippen molar-refractivity contribution in [2.45, 2.75) is 31.3 Å². The molecule has 2 aliphatic carbocycles. The van der Waals surface area contributed by atoms with Crippen LogP contribution in [0.15, 0.2) is 0 Å². The molecular formula is C9H14O3. The van der Waals surface area contributed by atoms with Crippen molar-refractivity contribution >= 4 is 5.97 Å². The molecule has 68 valence electrons. The summed E-state index contributed by atoms with van der Waals surface area (Å²) in [7, 11) is 1.35. The van der Waals surface area contributed by atoms with Gasteiger partial charge in [-0.1, -0.05) is 0 Å². The number of methoxy groups -OCH3 is 1. The molecule has 2 rings (SSSR count). The summed E-state index contributed by atoms with van der Waals surface area (Å²) in [4.78, 5) is 11.3. The number of carbonyl (C=O) groups is 1. The van der Waals surface area contributed by atoms with E-state index < -0.39 is 11.6 Å². The smallest absolute Gasteiger partial charge is 0.338 e. The molecule has 0 unspecified atom stereocenters. The van der Waals surface area contributed by atoms with Crippen LogP contribution in [0.5, 0.6) is 0 Å². The fourth-order valence-electron chi connectivity index (χ4n) is 1.88. The number of hydrogen-bond donors (Lipinski definition) is 1. The third-order valence-corrected chi connectivity index (χ3v) is 2.91. The van der Waals surface area contributed by atoms with Gasteiger partial charge < -0.3 is 9.84 Å². The molecule has 3 heteroatoms. The van der Waals surface area contributed by atoms with E-state index in [1.54, 1.807) is 0 Å². The lowest BCUT2D eigenvalue weighted by atomic mass is 9.92. The van der Waals surface area contributed by atoms with Crippen molar-refractivity contribution in [1.82, 2.24) is 0 Å². The summed E-state index contributed by atoms with van der Waals surface area (Å²) in [5, 5.41) is 10.1. The van der Waals surface area contributed by atoms with Crippen molar-refractivity contribution in [2.24, 2.45) is 11.8 Å². The fraction of sp³-hybridized carbons (Fsp3) is 0.889. The highest BCUT2D eigenvalue weighted by molar-refractivity contribution is 5.81. The Hall–Kier alpha value is -0.570. The minimum Gasteiger partial charge on any atom is -0.467 e. The van der Waals surface area contributed by atoms with E-state index in [-0.39, 0.29) is 11.8 Å². The minimum atomic E-state index is -1.13. The summed E-state index contributed by atoms with van der Waals surface area (Å²) in [5.74, 6) is -0.0672. The molecule has 12 heavy (non-hydrogen) atoms. The van der Waals surface area contributed by atoms with Gasteiger partial charge in [-0.3, -0.25) is 0 Å². The Balaban J connectivity index is 2.13. The molecule has 0 aliphatic heterocycles. The molecule has 0 aromatic rings. The Morgan fingerprint density at radius 1 is 1.33 bits per heavy atom. The predicted molar refractivity (Wildman–Crippen MR) is 42.4 cm³/mol. The van der Waals surface area contributed by atoms with Crippen LogP contribution in [0.25, 0.3) is 0 Å². The van der Waals surface area contributed by atoms with E-state index in [9.17, 15) is 9.90 Å². The molecule has 0 aromatic carbocycles. The Labute approximate surface area is 71.7 Å². The second-order valence-corrected chi connectivity index (χ2v) is 3.87. The quantitative estimate of drug-likeness (QED) is 0.634. The molecule has 0 heterocycles. The SMILES string of the molecule is COC(=O)C(O)(C1CC1)C1CC1. The average Bonchev–Trinajstić information content (AvgIpc) is 2.91. The number of aliphatic hydroxyl groups is 1. The maximum atomic E-state index is 11.3. The summed E-state index contributed by atoms with van der Waals surface area (Å²) in [5.41, 5.74) is -1.13. The largest absolute Gasteiger partial charge is 0.467 e. The van der Waals surface area contributed by atoms with Crippen LogP contribution >= 0.6 is 0 Å². The number of hydrogen-bond acceptors (Lipinski definition) is 3. The maximum Gasteiger partial charge on any atom is 0.338 e. The van der Waals surface area contributed by atoms with Crippen molar-refractivity contribution in [1.29, 1.82) is 0 Å². The lowest BCUT2D eigenvalue weighted by Gasteiger charge is -2.24. The summed E-state index contributed by atoms with van der Waals surface area (Å²) in [6.07, 6.45) is 3.90. The highest BCUT2D eigenvalue weighted by Crippen LogP contribution is 2.52. The standard InChI is InChI=1S/C9H14O3/c1-12-8(10)9(11,6-2-3-6)7-4-5-7/h6-7,11H,2-5H2,1H3. The number of rotatable bonds is 3. The molecule has 2 fully saturated rings. The van der Waals surface area contributed by atoms with Gasteiger partial charge >= 0.3 is 5.97 Å². The highest BCUT2D eigenvalue weighted by atomic mass is 16.5. The van der Waals surface area contributed by atoms with Gasteiger partial charge in [0.2, 0.25) is 0 Å². The van der Waals surface area contributed by atoms with Gasteiger partial charge in [-0.25, -0.2) is 4.79 Å². The molecule has 3 nitrogen and oxygen atoms in total. The number of carbonyl (C=O) groups excluding carboxylic acids is 1. The van der Waals surface area contributed by atoms with E-state index in [1.807, 2.05) is 0 Å². The van der Waals surface area contributed by atoms with Gasteiger partial charge in [-0.15, -0.1) is 0 Å². The highest BCUT2D eigenvalue weighted by Gasteiger charge is 2.59.